The van der Waals surface area contributed by atoms with Crippen LogP contribution >= 0.6 is 0 Å². The van der Waals surface area contributed by atoms with Crippen LogP contribution in [0.1, 0.15) is 6.42 Å². The Balaban J connectivity index is 2.93. The quantitative estimate of drug-likeness (QED) is 0.358. The Bertz CT molecular complexity index is 292. The lowest BCUT2D eigenvalue weighted by Crippen LogP contribution is -2.64. The first kappa shape index (κ1) is 13.0. The average Bonchev–Trinajstić information content (AvgIpc) is 2.22. The number of rotatable bonds is 3. The highest BCUT2D eigenvalue weighted by Crippen LogP contribution is 2.28. The van der Waals surface area contributed by atoms with E-state index in [1.165, 1.54) is 0 Å². The predicted octanol–water partition coefficient (Wildman–Crippen LogP) is -4.50. The van der Waals surface area contributed by atoms with E-state index in [1.54, 1.807) is 0 Å². The fourth-order valence-corrected chi connectivity index (χ4v) is 1.45. The lowest BCUT2D eigenvalue weighted by molar-refractivity contribution is -0.377. The Hall–Kier alpha value is -1.06. The number of carbonyl (C=O) groups is 2. The summed E-state index contributed by atoms with van der Waals surface area (Å²) in [5, 5.41) is 47.6. The molecule has 92 valence electrons. The van der Waals surface area contributed by atoms with E-state index in [1.807, 2.05) is 0 Å². The molecule has 0 radical (unpaired) electrons. The first-order valence-electron chi connectivity index (χ1n) is 4.43. The third kappa shape index (κ3) is 2.20. The zero-order valence-corrected chi connectivity index (χ0v) is 8.02. The fourth-order valence-electron chi connectivity index (χ4n) is 1.45. The number of ether oxygens (including phenoxy) is 1. The van der Waals surface area contributed by atoms with Gasteiger partial charge in [0, 0.05) is 6.42 Å². The molecule has 0 aromatic heterocycles. The molecule has 1 saturated heterocycles. The number of carbonyl (C=O) groups excluding carboxylic acids is 2. The Kier molecular flexibility index (Phi) is 3.61. The van der Waals surface area contributed by atoms with E-state index in [0.717, 1.165) is 0 Å². The molecular weight excluding hydrogens is 224 g/mol. The van der Waals surface area contributed by atoms with Crippen molar-refractivity contribution >= 4 is 12.3 Å². The van der Waals surface area contributed by atoms with Crippen LogP contribution in [0.2, 0.25) is 0 Å². The molecule has 0 aromatic rings. The summed E-state index contributed by atoms with van der Waals surface area (Å²) in [6, 6.07) is 0. The van der Waals surface area contributed by atoms with Gasteiger partial charge in [0.25, 0.3) is 0 Å². The maximum absolute atomic E-state index is 10.5. The Morgan fingerprint density at radius 1 is 1.56 bits per heavy atom. The van der Waals surface area contributed by atoms with E-state index < -0.39 is 42.6 Å². The molecule has 1 rings (SSSR count). The molecule has 5 atom stereocenters. The molecular formula is C8H11O8-. The SMILES string of the molecule is O=C[C@@H](O)[C@H]1O[C@@](O)(C(=O)[O-])C[C@@H](O)[C@H]1O. The number of aliphatic hydroxyl groups is 4. The summed E-state index contributed by atoms with van der Waals surface area (Å²) in [7, 11) is 0. The largest absolute Gasteiger partial charge is 0.544 e. The van der Waals surface area contributed by atoms with Crippen LogP contribution in [0, 0.1) is 0 Å². The van der Waals surface area contributed by atoms with E-state index in [4.69, 9.17) is 5.11 Å². The second-order valence-electron chi connectivity index (χ2n) is 3.54. The molecule has 0 spiro atoms. The maximum Gasteiger partial charge on any atom is 0.210 e. The molecule has 0 saturated carbocycles. The van der Waals surface area contributed by atoms with Gasteiger partial charge in [-0.15, -0.1) is 0 Å². The van der Waals surface area contributed by atoms with Gasteiger partial charge in [-0.1, -0.05) is 0 Å². The van der Waals surface area contributed by atoms with E-state index in [9.17, 15) is 30.0 Å². The van der Waals surface area contributed by atoms with Crippen LogP contribution in [0.25, 0.3) is 0 Å². The molecule has 0 aliphatic carbocycles. The van der Waals surface area contributed by atoms with Crippen molar-refractivity contribution in [1.29, 1.82) is 0 Å². The molecule has 16 heavy (non-hydrogen) atoms. The minimum Gasteiger partial charge on any atom is -0.544 e. The van der Waals surface area contributed by atoms with E-state index in [2.05, 4.69) is 4.74 Å². The minimum absolute atomic E-state index is 0.0123. The third-order valence-corrected chi connectivity index (χ3v) is 2.34. The van der Waals surface area contributed by atoms with Crippen molar-refractivity contribution in [1.82, 2.24) is 0 Å². The van der Waals surface area contributed by atoms with Gasteiger partial charge in [-0.25, -0.2) is 0 Å². The molecule has 1 aliphatic heterocycles. The van der Waals surface area contributed by atoms with Crippen molar-refractivity contribution in [2.24, 2.45) is 0 Å². The van der Waals surface area contributed by atoms with Gasteiger partial charge in [0.2, 0.25) is 5.79 Å². The number of aliphatic carboxylic acids is 1. The normalized spacial score (nSPS) is 41.4. The number of hydrogen-bond donors (Lipinski definition) is 4. The number of hydrogen-bond acceptors (Lipinski definition) is 8. The standard InChI is InChI=1S/C8H12O8/c9-2-4(11)6-5(12)3(10)1-8(15,16-6)7(13)14/h2-6,10-12,15H,1H2,(H,13,14)/p-1/t3-,4-,5-,6-,8-/m1/s1. The molecule has 8 heteroatoms. The lowest BCUT2D eigenvalue weighted by atomic mass is 9.93. The van der Waals surface area contributed by atoms with Crippen LogP contribution in [-0.2, 0) is 14.3 Å². The summed E-state index contributed by atoms with van der Waals surface area (Å²) < 4.78 is 4.47. The monoisotopic (exact) mass is 235 g/mol. The Morgan fingerprint density at radius 2 is 2.12 bits per heavy atom. The van der Waals surface area contributed by atoms with Gasteiger partial charge >= 0.3 is 0 Å². The molecule has 0 aromatic carbocycles. The summed E-state index contributed by atoms with van der Waals surface area (Å²) in [5.41, 5.74) is 0. The number of carboxylic acid groups (broad SMARTS) is 1. The third-order valence-electron chi connectivity index (χ3n) is 2.34. The summed E-state index contributed by atoms with van der Waals surface area (Å²) >= 11 is 0. The fraction of sp³-hybridized carbons (Fsp3) is 0.750. The van der Waals surface area contributed by atoms with Crippen LogP contribution in [0.4, 0.5) is 0 Å². The Morgan fingerprint density at radius 3 is 2.56 bits per heavy atom. The summed E-state index contributed by atoms with van der Waals surface area (Å²) in [6.45, 7) is 0. The van der Waals surface area contributed by atoms with Gasteiger partial charge in [0.1, 0.15) is 24.3 Å². The molecule has 1 fully saturated rings. The van der Waals surface area contributed by atoms with Crippen molar-refractivity contribution in [3.05, 3.63) is 0 Å². The topological polar surface area (TPSA) is 147 Å². The first-order valence-corrected chi connectivity index (χ1v) is 4.43. The second-order valence-corrected chi connectivity index (χ2v) is 3.54. The number of aldehydes is 1. The van der Waals surface area contributed by atoms with Gasteiger partial charge in [-0.2, -0.15) is 0 Å². The van der Waals surface area contributed by atoms with Crippen molar-refractivity contribution in [3.63, 3.8) is 0 Å². The smallest absolute Gasteiger partial charge is 0.210 e. The van der Waals surface area contributed by atoms with Gasteiger partial charge < -0.3 is 39.9 Å². The predicted molar refractivity (Wildman–Crippen MR) is 43.5 cm³/mol. The van der Waals surface area contributed by atoms with Gasteiger partial charge in [-0.3, -0.25) is 0 Å². The summed E-state index contributed by atoms with van der Waals surface area (Å²) in [6.07, 6.45) is -7.77. The van der Waals surface area contributed by atoms with Crippen molar-refractivity contribution in [3.8, 4) is 0 Å². The van der Waals surface area contributed by atoms with E-state index >= 15 is 0 Å². The Labute approximate surface area is 89.7 Å². The molecule has 1 heterocycles. The van der Waals surface area contributed by atoms with Gasteiger partial charge in [0.15, 0.2) is 6.29 Å². The van der Waals surface area contributed by atoms with Crippen LogP contribution in [0.5, 0.6) is 0 Å². The van der Waals surface area contributed by atoms with Crippen molar-refractivity contribution in [2.45, 2.75) is 36.6 Å². The second kappa shape index (κ2) is 4.44. The van der Waals surface area contributed by atoms with Gasteiger partial charge in [0.05, 0.1) is 6.10 Å². The molecule has 0 bridgehead atoms. The lowest BCUT2D eigenvalue weighted by Gasteiger charge is -2.43. The molecule has 0 unspecified atom stereocenters. The van der Waals surface area contributed by atoms with Crippen LogP contribution in [0.3, 0.4) is 0 Å². The highest BCUT2D eigenvalue weighted by atomic mass is 16.7. The molecule has 4 N–H and O–H groups in total. The summed E-state index contributed by atoms with van der Waals surface area (Å²) in [4.78, 5) is 20.8. The summed E-state index contributed by atoms with van der Waals surface area (Å²) in [5.74, 6) is -4.87. The zero-order chi connectivity index (χ0) is 12.5. The maximum atomic E-state index is 10.5. The van der Waals surface area contributed by atoms with Gasteiger partial charge in [-0.05, 0) is 0 Å². The first-order chi connectivity index (χ1) is 7.31. The number of aliphatic hydroxyl groups excluding tert-OH is 3. The average molecular weight is 235 g/mol. The number of carboxylic acids is 1. The van der Waals surface area contributed by atoms with E-state index in [-0.39, 0.29) is 6.29 Å². The van der Waals surface area contributed by atoms with Crippen LogP contribution in [-0.4, -0.2) is 62.9 Å². The minimum atomic E-state index is -2.84. The van der Waals surface area contributed by atoms with Crippen LogP contribution in [0.15, 0.2) is 0 Å². The van der Waals surface area contributed by atoms with Crippen molar-refractivity contribution in [2.75, 3.05) is 0 Å². The highest BCUT2D eigenvalue weighted by Gasteiger charge is 2.48. The van der Waals surface area contributed by atoms with Crippen molar-refractivity contribution < 1.29 is 39.9 Å². The highest BCUT2D eigenvalue weighted by molar-refractivity contribution is 5.73. The molecule has 0 amide bonds. The molecule has 8 nitrogen and oxygen atoms in total. The van der Waals surface area contributed by atoms with Crippen LogP contribution < -0.4 is 5.11 Å². The zero-order valence-electron chi connectivity index (χ0n) is 8.02. The molecule has 1 aliphatic rings. The van der Waals surface area contributed by atoms with E-state index in [0.29, 0.717) is 0 Å².